The highest BCUT2D eigenvalue weighted by Crippen LogP contribution is 2.14. The van der Waals surface area contributed by atoms with E-state index < -0.39 is 0 Å². The van der Waals surface area contributed by atoms with Crippen molar-refractivity contribution >= 4 is 11.8 Å². The molecule has 1 aliphatic rings. The van der Waals surface area contributed by atoms with Crippen LogP contribution in [0, 0.1) is 0 Å². The Morgan fingerprint density at radius 1 is 0.963 bits per heavy atom. The van der Waals surface area contributed by atoms with Crippen LogP contribution in [0.5, 0.6) is 0 Å². The van der Waals surface area contributed by atoms with Crippen molar-refractivity contribution in [3.63, 3.8) is 0 Å². The first-order valence-corrected chi connectivity index (χ1v) is 9.57. The van der Waals surface area contributed by atoms with Crippen molar-refractivity contribution in [3.05, 3.63) is 71.3 Å². The second kappa shape index (κ2) is 9.33. The maximum Gasteiger partial charge on any atom is 0.251 e. The van der Waals surface area contributed by atoms with E-state index in [-0.39, 0.29) is 17.9 Å². The van der Waals surface area contributed by atoms with Gasteiger partial charge in [0.25, 0.3) is 5.91 Å². The molecule has 5 heteroatoms. The number of piperidine rings is 1. The van der Waals surface area contributed by atoms with Crippen molar-refractivity contribution in [2.75, 3.05) is 13.1 Å². The van der Waals surface area contributed by atoms with Crippen LogP contribution in [0.1, 0.15) is 40.7 Å². The fraction of sp³-hybridized carbons (Fsp3) is 0.364. The predicted octanol–water partition coefficient (Wildman–Crippen LogP) is 2.50. The average Bonchev–Trinajstić information content (AvgIpc) is 2.73. The van der Waals surface area contributed by atoms with E-state index in [9.17, 15) is 9.59 Å². The van der Waals surface area contributed by atoms with Crippen LogP contribution in [0.4, 0.5) is 0 Å². The Bertz CT molecular complexity index is 751. The summed E-state index contributed by atoms with van der Waals surface area (Å²) in [5.41, 5.74) is 8.43. The number of amides is 2. The zero-order valence-corrected chi connectivity index (χ0v) is 15.6. The monoisotopic (exact) mass is 365 g/mol. The van der Waals surface area contributed by atoms with E-state index in [4.69, 9.17) is 5.73 Å². The number of hydrogen-bond donors (Lipinski definition) is 2. The molecule has 0 bridgehead atoms. The molecule has 142 valence electrons. The van der Waals surface area contributed by atoms with Crippen LogP contribution in [0.25, 0.3) is 0 Å². The Labute approximate surface area is 160 Å². The van der Waals surface area contributed by atoms with Crippen molar-refractivity contribution in [1.29, 1.82) is 0 Å². The Kier molecular flexibility index (Phi) is 6.60. The maximum absolute atomic E-state index is 12.4. The van der Waals surface area contributed by atoms with Crippen molar-refractivity contribution in [2.45, 2.75) is 38.3 Å². The molecular formula is C22H27N3O2. The third kappa shape index (κ3) is 5.41. The lowest BCUT2D eigenvalue weighted by molar-refractivity contribution is -0.132. The van der Waals surface area contributed by atoms with Gasteiger partial charge in [-0.05, 0) is 42.5 Å². The second-order valence-corrected chi connectivity index (χ2v) is 7.02. The molecular weight excluding hydrogens is 338 g/mol. The lowest BCUT2D eigenvalue weighted by atomic mass is 10.0. The molecule has 0 spiro atoms. The van der Waals surface area contributed by atoms with Crippen molar-refractivity contribution in [3.8, 4) is 0 Å². The van der Waals surface area contributed by atoms with Gasteiger partial charge in [0.2, 0.25) is 5.91 Å². The van der Waals surface area contributed by atoms with Crippen LogP contribution in [0.15, 0.2) is 54.6 Å². The summed E-state index contributed by atoms with van der Waals surface area (Å²) in [4.78, 5) is 26.7. The van der Waals surface area contributed by atoms with E-state index in [1.165, 1.54) is 5.56 Å². The molecule has 0 aliphatic carbocycles. The minimum absolute atomic E-state index is 0.0626. The van der Waals surface area contributed by atoms with Crippen molar-refractivity contribution in [2.24, 2.45) is 5.73 Å². The van der Waals surface area contributed by atoms with Crippen molar-refractivity contribution in [1.82, 2.24) is 10.2 Å². The molecule has 1 saturated heterocycles. The number of carbonyl (C=O) groups is 2. The van der Waals surface area contributed by atoms with Gasteiger partial charge in [0.15, 0.2) is 0 Å². The Morgan fingerprint density at radius 2 is 1.63 bits per heavy atom. The zero-order chi connectivity index (χ0) is 19.1. The molecule has 0 unspecified atom stereocenters. The van der Waals surface area contributed by atoms with E-state index in [0.717, 1.165) is 24.8 Å². The molecule has 0 saturated carbocycles. The topological polar surface area (TPSA) is 75.4 Å². The summed E-state index contributed by atoms with van der Waals surface area (Å²) in [5.74, 6) is 0.133. The number of rotatable bonds is 6. The molecule has 2 aromatic carbocycles. The smallest absolute Gasteiger partial charge is 0.251 e. The van der Waals surface area contributed by atoms with Gasteiger partial charge in [-0.2, -0.15) is 0 Å². The fourth-order valence-electron chi connectivity index (χ4n) is 3.39. The number of likely N-dealkylation sites (tertiary alicyclic amines) is 1. The van der Waals surface area contributed by atoms with E-state index in [1.807, 2.05) is 35.2 Å². The average molecular weight is 365 g/mol. The summed E-state index contributed by atoms with van der Waals surface area (Å²) in [7, 11) is 0. The van der Waals surface area contributed by atoms with Gasteiger partial charge in [0.05, 0.1) is 0 Å². The van der Waals surface area contributed by atoms with Crippen LogP contribution in [-0.4, -0.2) is 35.8 Å². The van der Waals surface area contributed by atoms with Crippen LogP contribution in [0.2, 0.25) is 0 Å². The first-order valence-electron chi connectivity index (χ1n) is 9.57. The zero-order valence-electron chi connectivity index (χ0n) is 15.6. The van der Waals surface area contributed by atoms with Gasteiger partial charge in [-0.3, -0.25) is 9.59 Å². The Hall–Kier alpha value is -2.66. The SMILES string of the molecule is NCc1ccc(C(=O)NC2CCN(C(=O)CCc3ccccc3)CC2)cc1. The van der Waals surface area contributed by atoms with Crippen molar-refractivity contribution < 1.29 is 9.59 Å². The van der Waals surface area contributed by atoms with Crippen LogP contribution < -0.4 is 11.1 Å². The molecule has 1 heterocycles. The molecule has 2 amide bonds. The molecule has 27 heavy (non-hydrogen) atoms. The molecule has 2 aromatic rings. The number of benzene rings is 2. The fourth-order valence-corrected chi connectivity index (χ4v) is 3.39. The Balaban J connectivity index is 1.42. The first kappa shape index (κ1) is 19.1. The summed E-state index contributed by atoms with van der Waals surface area (Å²) in [6.45, 7) is 1.87. The minimum Gasteiger partial charge on any atom is -0.349 e. The van der Waals surface area contributed by atoms with Crippen LogP contribution in [0.3, 0.4) is 0 Å². The van der Waals surface area contributed by atoms with Gasteiger partial charge in [0.1, 0.15) is 0 Å². The summed E-state index contributed by atoms with van der Waals surface area (Å²) >= 11 is 0. The van der Waals surface area contributed by atoms with Gasteiger partial charge >= 0.3 is 0 Å². The quantitative estimate of drug-likeness (QED) is 0.826. The summed E-state index contributed by atoms with van der Waals surface area (Å²) in [6.07, 6.45) is 2.90. The highest BCUT2D eigenvalue weighted by Gasteiger charge is 2.23. The van der Waals surface area contributed by atoms with Gasteiger partial charge in [-0.15, -0.1) is 0 Å². The summed E-state index contributed by atoms with van der Waals surface area (Å²) < 4.78 is 0. The molecule has 3 rings (SSSR count). The molecule has 1 fully saturated rings. The van der Waals surface area contributed by atoms with Crippen LogP contribution >= 0.6 is 0 Å². The summed E-state index contributed by atoms with van der Waals surface area (Å²) in [5, 5.41) is 3.08. The van der Waals surface area contributed by atoms with E-state index in [1.54, 1.807) is 12.1 Å². The number of nitrogens with one attached hydrogen (secondary N) is 1. The van der Waals surface area contributed by atoms with Gasteiger partial charge < -0.3 is 16.0 Å². The van der Waals surface area contributed by atoms with E-state index in [0.29, 0.717) is 31.6 Å². The van der Waals surface area contributed by atoms with E-state index in [2.05, 4.69) is 17.4 Å². The first-order chi connectivity index (χ1) is 13.2. The largest absolute Gasteiger partial charge is 0.349 e. The van der Waals surface area contributed by atoms with Crippen LogP contribution in [-0.2, 0) is 17.8 Å². The number of nitrogens with two attached hydrogens (primary N) is 1. The molecule has 1 aliphatic heterocycles. The maximum atomic E-state index is 12.4. The molecule has 5 nitrogen and oxygen atoms in total. The normalized spacial score (nSPS) is 14.8. The number of aryl methyl sites for hydroxylation is 1. The lowest BCUT2D eigenvalue weighted by Gasteiger charge is -2.32. The van der Waals surface area contributed by atoms with Gasteiger partial charge in [0, 0.05) is 37.7 Å². The highest BCUT2D eigenvalue weighted by molar-refractivity contribution is 5.94. The second-order valence-electron chi connectivity index (χ2n) is 7.02. The Morgan fingerprint density at radius 3 is 2.26 bits per heavy atom. The predicted molar refractivity (Wildman–Crippen MR) is 106 cm³/mol. The third-order valence-electron chi connectivity index (χ3n) is 5.11. The van der Waals surface area contributed by atoms with Gasteiger partial charge in [-0.25, -0.2) is 0 Å². The van der Waals surface area contributed by atoms with E-state index >= 15 is 0 Å². The standard InChI is InChI=1S/C22H27N3O2/c23-16-18-6-9-19(10-7-18)22(27)24-20-12-14-25(15-13-20)21(26)11-8-17-4-2-1-3-5-17/h1-7,9-10,20H,8,11-16,23H2,(H,24,27). The van der Waals surface area contributed by atoms with Gasteiger partial charge in [-0.1, -0.05) is 42.5 Å². The molecule has 3 N–H and O–H groups in total. The minimum atomic E-state index is -0.0626. The highest BCUT2D eigenvalue weighted by atomic mass is 16.2. The number of nitrogens with zero attached hydrogens (tertiary/aromatic N) is 1. The third-order valence-corrected chi connectivity index (χ3v) is 5.11. The number of hydrogen-bond acceptors (Lipinski definition) is 3. The molecule has 0 radical (unpaired) electrons. The summed E-state index contributed by atoms with van der Waals surface area (Å²) in [6, 6.07) is 17.6. The molecule has 0 atom stereocenters. The lowest BCUT2D eigenvalue weighted by Crippen LogP contribution is -2.46. The molecule has 0 aromatic heterocycles. The number of carbonyl (C=O) groups excluding carboxylic acids is 2.